The zero-order chi connectivity index (χ0) is 27.3. The number of hydrogen-bond acceptors (Lipinski definition) is 8. The molecule has 1 unspecified atom stereocenters. The Labute approximate surface area is 219 Å². The molecule has 3 N–H and O–H groups in total. The number of methoxy groups -OCH3 is 1. The van der Waals surface area contributed by atoms with Crippen LogP contribution in [0.1, 0.15) is 44.9 Å². The topological polar surface area (TPSA) is 142 Å². The van der Waals surface area contributed by atoms with Gasteiger partial charge < -0.3 is 19.9 Å². The maximum absolute atomic E-state index is 12.1. The van der Waals surface area contributed by atoms with E-state index in [1.54, 1.807) is 25.3 Å². The van der Waals surface area contributed by atoms with Crippen LogP contribution in [0.4, 0.5) is 5.69 Å². The number of nitrogens with zero attached hydrogens (tertiary/aromatic N) is 3. The second-order valence-corrected chi connectivity index (χ2v) is 9.62. The van der Waals surface area contributed by atoms with Gasteiger partial charge in [-0.05, 0) is 48.6 Å². The first kappa shape index (κ1) is 27.8. The first-order chi connectivity index (χ1) is 17.5. The number of phenolic OH excluding ortho intramolecular Hbond substituents is 1. The molecular formula is C26H30ClN5O5. The van der Waals surface area contributed by atoms with Crippen molar-refractivity contribution in [1.29, 1.82) is 5.26 Å². The second kappa shape index (κ2) is 12.0. The van der Waals surface area contributed by atoms with Crippen molar-refractivity contribution in [2.75, 3.05) is 12.4 Å². The molecule has 11 heteroatoms. The third-order valence-electron chi connectivity index (χ3n) is 5.63. The number of benzene rings is 2. The van der Waals surface area contributed by atoms with Crippen LogP contribution in [0, 0.1) is 30.1 Å². The zero-order valence-corrected chi connectivity index (χ0v) is 22.1. The van der Waals surface area contributed by atoms with Crippen molar-refractivity contribution in [3.05, 3.63) is 67.4 Å². The van der Waals surface area contributed by atoms with E-state index in [-0.39, 0.29) is 34.4 Å². The van der Waals surface area contributed by atoms with Gasteiger partial charge in [-0.3, -0.25) is 9.78 Å². The molecule has 3 aromatic rings. The van der Waals surface area contributed by atoms with E-state index in [0.29, 0.717) is 5.75 Å². The number of aryl methyl sites for hydroxylation is 1. The summed E-state index contributed by atoms with van der Waals surface area (Å²) in [5.74, 6) is 1.37. The molecule has 2 aromatic carbocycles. The molecule has 0 radical (unpaired) electrons. The van der Waals surface area contributed by atoms with Gasteiger partial charge in [-0.25, -0.2) is 4.79 Å². The molecule has 196 valence electrons. The number of phenols is 1. The van der Waals surface area contributed by atoms with Gasteiger partial charge in [0.05, 0.1) is 10.7 Å². The number of ether oxygens (including phenoxy) is 2. The number of rotatable bonds is 7. The standard InChI is InChI=1S/C22H22ClN5O5.C4H8/c1-11(2)21(32-4)25-16-6-5-14(7-12(16)3)33-19-15(23)8-13(9-18(19)29)28-22(31)26-20(30)17(10-24)27-28;1-4-2-3-4/h5-9,11,21,25,29H,1-4H3,(H,26,30,31);4H,2-3H2,1H3. The number of anilines is 1. The molecule has 1 aromatic heterocycles. The second-order valence-electron chi connectivity index (χ2n) is 9.21. The summed E-state index contributed by atoms with van der Waals surface area (Å²) in [6.07, 6.45) is 2.81. The molecule has 1 saturated carbocycles. The van der Waals surface area contributed by atoms with Gasteiger partial charge >= 0.3 is 5.69 Å². The maximum Gasteiger partial charge on any atom is 0.349 e. The lowest BCUT2D eigenvalue weighted by molar-refractivity contribution is 0.0877. The van der Waals surface area contributed by atoms with Crippen molar-refractivity contribution in [3.8, 4) is 29.0 Å². The van der Waals surface area contributed by atoms with Gasteiger partial charge in [-0.15, -0.1) is 5.10 Å². The Balaban J connectivity index is 0.000000865. The maximum atomic E-state index is 12.1. The van der Waals surface area contributed by atoms with Crippen molar-refractivity contribution in [3.63, 3.8) is 0 Å². The Kier molecular flexibility index (Phi) is 8.97. The van der Waals surface area contributed by atoms with E-state index in [1.165, 1.54) is 25.0 Å². The molecule has 0 saturated heterocycles. The molecule has 1 aliphatic rings. The molecule has 0 aliphatic heterocycles. The van der Waals surface area contributed by atoms with Crippen LogP contribution in [0.3, 0.4) is 0 Å². The van der Waals surface area contributed by atoms with Crippen LogP contribution in [-0.2, 0) is 4.74 Å². The molecule has 1 atom stereocenters. The molecule has 1 aliphatic carbocycles. The molecule has 4 rings (SSSR count). The number of halogens is 1. The number of nitrogens with one attached hydrogen (secondary N) is 2. The summed E-state index contributed by atoms with van der Waals surface area (Å²) in [7, 11) is 1.64. The number of aromatic hydroxyl groups is 1. The van der Waals surface area contributed by atoms with E-state index >= 15 is 0 Å². The molecule has 37 heavy (non-hydrogen) atoms. The zero-order valence-electron chi connectivity index (χ0n) is 21.3. The highest BCUT2D eigenvalue weighted by atomic mass is 35.5. The molecule has 10 nitrogen and oxygen atoms in total. The van der Waals surface area contributed by atoms with Crippen LogP contribution in [0.25, 0.3) is 5.69 Å². The molecule has 1 heterocycles. The van der Waals surface area contributed by atoms with Crippen molar-refractivity contribution in [2.45, 2.75) is 46.8 Å². The Morgan fingerprint density at radius 3 is 2.46 bits per heavy atom. The van der Waals surface area contributed by atoms with Crippen LogP contribution in [0.15, 0.2) is 39.9 Å². The monoisotopic (exact) mass is 527 g/mol. The Morgan fingerprint density at radius 2 is 1.95 bits per heavy atom. The fraction of sp³-hybridized carbons (Fsp3) is 0.385. The minimum atomic E-state index is -0.910. The normalized spacial score (nSPS) is 13.4. The van der Waals surface area contributed by atoms with Gasteiger partial charge in [-0.1, -0.05) is 45.2 Å². The Hall–Kier alpha value is -3.81. The summed E-state index contributed by atoms with van der Waals surface area (Å²) in [5, 5.41) is 26.5. The molecule has 0 bridgehead atoms. The molecular weight excluding hydrogens is 498 g/mol. The summed E-state index contributed by atoms with van der Waals surface area (Å²) < 4.78 is 12.0. The van der Waals surface area contributed by atoms with E-state index < -0.39 is 16.9 Å². The third-order valence-corrected chi connectivity index (χ3v) is 5.91. The first-order valence-electron chi connectivity index (χ1n) is 11.8. The molecule has 1 fully saturated rings. The Bertz CT molecular complexity index is 1400. The largest absolute Gasteiger partial charge is 0.504 e. The van der Waals surface area contributed by atoms with Gasteiger partial charge in [0.1, 0.15) is 18.0 Å². The quantitative estimate of drug-likeness (QED) is 0.375. The fourth-order valence-corrected chi connectivity index (χ4v) is 3.48. The average Bonchev–Trinajstić information content (AvgIpc) is 3.63. The van der Waals surface area contributed by atoms with E-state index in [2.05, 4.69) is 17.3 Å². The third kappa shape index (κ3) is 7.12. The lowest BCUT2D eigenvalue weighted by Gasteiger charge is -2.23. The van der Waals surface area contributed by atoms with Crippen LogP contribution >= 0.6 is 11.6 Å². The van der Waals surface area contributed by atoms with Crippen molar-refractivity contribution < 1.29 is 14.6 Å². The summed E-state index contributed by atoms with van der Waals surface area (Å²) in [5.41, 5.74) is -0.522. The Morgan fingerprint density at radius 1 is 1.27 bits per heavy atom. The minimum Gasteiger partial charge on any atom is -0.504 e. The number of aromatic amines is 1. The number of aromatic nitrogens is 3. The van der Waals surface area contributed by atoms with Gasteiger partial charge in [0.2, 0.25) is 5.69 Å². The highest BCUT2D eigenvalue weighted by Gasteiger charge is 2.17. The SMILES string of the molecule is CC1CC1.COC(Nc1ccc(Oc2c(O)cc(-n3nc(C#N)c(=O)[nH]c3=O)cc2Cl)cc1C)C(C)C. The van der Waals surface area contributed by atoms with Gasteiger partial charge in [0.25, 0.3) is 5.56 Å². The van der Waals surface area contributed by atoms with E-state index in [1.807, 2.05) is 31.8 Å². The summed E-state index contributed by atoms with van der Waals surface area (Å²) in [6, 6.07) is 9.39. The average molecular weight is 528 g/mol. The minimum absolute atomic E-state index is 0.0116. The van der Waals surface area contributed by atoms with Crippen LogP contribution < -0.4 is 21.3 Å². The van der Waals surface area contributed by atoms with Crippen molar-refractivity contribution >= 4 is 17.3 Å². The predicted molar refractivity (Wildman–Crippen MR) is 141 cm³/mol. The highest BCUT2D eigenvalue weighted by Crippen LogP contribution is 2.40. The van der Waals surface area contributed by atoms with Crippen LogP contribution in [0.5, 0.6) is 17.2 Å². The lowest BCUT2D eigenvalue weighted by atomic mass is 10.1. The number of nitriles is 1. The van der Waals surface area contributed by atoms with Gasteiger partial charge in [-0.2, -0.15) is 9.94 Å². The number of H-pyrrole nitrogens is 1. The van der Waals surface area contributed by atoms with Crippen LogP contribution in [-0.4, -0.2) is 33.2 Å². The van der Waals surface area contributed by atoms with Gasteiger partial charge in [0, 0.05) is 18.9 Å². The predicted octanol–water partition coefficient (Wildman–Crippen LogP) is 4.71. The molecule has 0 spiro atoms. The van der Waals surface area contributed by atoms with Gasteiger partial charge in [0.15, 0.2) is 11.5 Å². The van der Waals surface area contributed by atoms with E-state index in [9.17, 15) is 14.7 Å². The summed E-state index contributed by atoms with van der Waals surface area (Å²) in [6.45, 7) is 8.26. The fourth-order valence-electron chi connectivity index (χ4n) is 3.23. The van der Waals surface area contributed by atoms with Crippen molar-refractivity contribution in [2.24, 2.45) is 11.8 Å². The van der Waals surface area contributed by atoms with Crippen LogP contribution in [0.2, 0.25) is 5.02 Å². The van der Waals surface area contributed by atoms with E-state index in [4.69, 9.17) is 26.3 Å². The summed E-state index contributed by atoms with van der Waals surface area (Å²) >= 11 is 6.29. The first-order valence-corrected chi connectivity index (χ1v) is 12.2. The summed E-state index contributed by atoms with van der Waals surface area (Å²) in [4.78, 5) is 25.6. The number of hydrogen-bond donors (Lipinski definition) is 3. The lowest BCUT2D eigenvalue weighted by Crippen LogP contribution is -2.33. The smallest absolute Gasteiger partial charge is 0.349 e. The molecule has 0 amide bonds. The highest BCUT2D eigenvalue weighted by molar-refractivity contribution is 6.32. The van der Waals surface area contributed by atoms with Crippen molar-refractivity contribution in [1.82, 2.24) is 14.8 Å². The van der Waals surface area contributed by atoms with E-state index in [0.717, 1.165) is 21.9 Å².